The fraction of sp³-hybridized carbons (Fsp3) is 0.500. The molecule has 0 saturated carbocycles. The molecule has 3 nitrogen and oxygen atoms in total. The maximum Gasteiger partial charge on any atom is 0.272 e. The molecule has 2 atom stereocenters. The molecule has 1 aromatic rings. The third-order valence-electron chi connectivity index (χ3n) is 2.77. The number of nitro benzene ring substituents is 1. The molecule has 0 fully saturated rings. The third-order valence-corrected chi connectivity index (χ3v) is 3.04. The van der Waals surface area contributed by atoms with Gasteiger partial charge in [-0.2, -0.15) is 0 Å². The number of benzene rings is 1. The lowest BCUT2D eigenvalue weighted by atomic mass is 9.85. The van der Waals surface area contributed by atoms with Crippen molar-refractivity contribution >= 4 is 17.3 Å². The Balaban J connectivity index is 3.18. The van der Waals surface area contributed by atoms with Gasteiger partial charge in [0.2, 0.25) is 0 Å². The van der Waals surface area contributed by atoms with E-state index < -0.39 is 10.7 Å². The van der Waals surface area contributed by atoms with Gasteiger partial charge in [0, 0.05) is 17.4 Å². The maximum atomic E-state index is 13.8. The summed E-state index contributed by atoms with van der Waals surface area (Å²) < 4.78 is 13.8. The number of rotatable bonds is 4. The summed E-state index contributed by atoms with van der Waals surface area (Å²) >= 11 is 6.05. The Morgan fingerprint density at radius 2 is 1.94 bits per heavy atom. The molecular formula is C12H15ClFNO2. The van der Waals surface area contributed by atoms with E-state index in [4.69, 9.17) is 11.6 Å². The molecule has 2 unspecified atom stereocenters. The molecule has 0 spiro atoms. The predicted molar refractivity (Wildman–Crippen MR) is 65.9 cm³/mol. The summed E-state index contributed by atoms with van der Waals surface area (Å²) in [5, 5.41) is 10.3. The molecule has 0 aliphatic heterocycles. The fourth-order valence-corrected chi connectivity index (χ4v) is 2.46. The average Bonchev–Trinajstić information content (AvgIpc) is 2.19. The zero-order chi connectivity index (χ0) is 13.2. The number of hydrogen-bond acceptors (Lipinski definition) is 2. The molecule has 0 amide bonds. The van der Waals surface area contributed by atoms with Gasteiger partial charge in [0.15, 0.2) is 0 Å². The standard InChI is InChI=1S/C12H15ClFNO2/c1-7(2)12(8(3)13)10-5-4-9(15(16)17)6-11(10)14/h4-8,12H,1-3H3. The van der Waals surface area contributed by atoms with E-state index in [9.17, 15) is 14.5 Å². The molecule has 94 valence electrons. The molecule has 0 saturated heterocycles. The van der Waals surface area contributed by atoms with Crippen LogP contribution in [0.3, 0.4) is 0 Å². The van der Waals surface area contributed by atoms with Crippen molar-refractivity contribution < 1.29 is 9.31 Å². The van der Waals surface area contributed by atoms with E-state index in [0.29, 0.717) is 5.56 Å². The van der Waals surface area contributed by atoms with Crippen LogP contribution >= 0.6 is 11.6 Å². The number of non-ortho nitro benzene ring substituents is 1. The summed E-state index contributed by atoms with van der Waals surface area (Å²) in [6.07, 6.45) is 0. The van der Waals surface area contributed by atoms with Crippen LogP contribution in [-0.4, -0.2) is 10.3 Å². The Kier molecular flexibility index (Phi) is 4.46. The lowest BCUT2D eigenvalue weighted by Gasteiger charge is -2.24. The molecule has 0 heterocycles. The Morgan fingerprint density at radius 3 is 2.29 bits per heavy atom. The number of hydrogen-bond donors (Lipinski definition) is 0. The second kappa shape index (κ2) is 5.45. The molecule has 0 aromatic heterocycles. The molecule has 0 N–H and O–H groups in total. The number of nitrogens with zero attached hydrogens (tertiary/aromatic N) is 1. The molecule has 1 aromatic carbocycles. The van der Waals surface area contributed by atoms with Gasteiger partial charge in [-0.1, -0.05) is 13.8 Å². The van der Waals surface area contributed by atoms with Crippen LogP contribution in [0.25, 0.3) is 0 Å². The van der Waals surface area contributed by atoms with Crippen molar-refractivity contribution in [3.05, 3.63) is 39.7 Å². The number of alkyl halides is 1. The normalized spacial score (nSPS) is 14.7. The molecule has 0 bridgehead atoms. The lowest BCUT2D eigenvalue weighted by Crippen LogP contribution is -2.17. The Labute approximate surface area is 105 Å². The number of nitro groups is 1. The van der Waals surface area contributed by atoms with Crippen molar-refractivity contribution in [1.29, 1.82) is 0 Å². The zero-order valence-corrected chi connectivity index (χ0v) is 10.7. The van der Waals surface area contributed by atoms with Gasteiger partial charge in [-0.05, 0) is 24.5 Å². The first-order chi connectivity index (χ1) is 7.84. The Hall–Kier alpha value is -1.16. The van der Waals surface area contributed by atoms with Gasteiger partial charge in [0.05, 0.1) is 11.0 Å². The van der Waals surface area contributed by atoms with Gasteiger partial charge in [0.25, 0.3) is 5.69 Å². The lowest BCUT2D eigenvalue weighted by molar-refractivity contribution is -0.385. The van der Waals surface area contributed by atoms with Gasteiger partial charge in [-0.25, -0.2) is 4.39 Å². The molecular weight excluding hydrogens is 245 g/mol. The van der Waals surface area contributed by atoms with Crippen molar-refractivity contribution in [2.45, 2.75) is 32.1 Å². The largest absolute Gasteiger partial charge is 0.272 e. The molecule has 0 radical (unpaired) electrons. The van der Waals surface area contributed by atoms with Crippen molar-refractivity contribution in [3.63, 3.8) is 0 Å². The van der Waals surface area contributed by atoms with E-state index >= 15 is 0 Å². The first kappa shape index (κ1) is 13.9. The van der Waals surface area contributed by atoms with Crippen LogP contribution in [0.1, 0.15) is 32.3 Å². The summed E-state index contributed by atoms with van der Waals surface area (Å²) in [6.45, 7) is 5.70. The monoisotopic (exact) mass is 259 g/mol. The van der Waals surface area contributed by atoms with Crippen molar-refractivity contribution in [1.82, 2.24) is 0 Å². The minimum atomic E-state index is -0.610. The zero-order valence-electron chi connectivity index (χ0n) is 9.98. The van der Waals surface area contributed by atoms with E-state index in [1.54, 1.807) is 6.92 Å². The van der Waals surface area contributed by atoms with Gasteiger partial charge < -0.3 is 0 Å². The second-order valence-corrected chi connectivity index (χ2v) is 5.10. The Bertz CT molecular complexity index is 413. The Morgan fingerprint density at radius 1 is 1.35 bits per heavy atom. The summed E-state index contributed by atoms with van der Waals surface area (Å²) in [4.78, 5) is 9.91. The van der Waals surface area contributed by atoms with Gasteiger partial charge in [-0.3, -0.25) is 10.1 Å². The molecule has 1 rings (SSSR count). The topological polar surface area (TPSA) is 43.1 Å². The fourth-order valence-electron chi connectivity index (χ4n) is 2.04. The smallest absolute Gasteiger partial charge is 0.258 e. The van der Waals surface area contributed by atoms with Gasteiger partial charge in [0.1, 0.15) is 5.82 Å². The van der Waals surface area contributed by atoms with Crippen LogP contribution in [0.2, 0.25) is 0 Å². The van der Waals surface area contributed by atoms with Gasteiger partial charge >= 0.3 is 0 Å². The number of halogens is 2. The molecule has 17 heavy (non-hydrogen) atoms. The first-order valence-electron chi connectivity index (χ1n) is 5.42. The third kappa shape index (κ3) is 3.16. The van der Waals surface area contributed by atoms with E-state index in [1.807, 2.05) is 13.8 Å². The van der Waals surface area contributed by atoms with E-state index in [-0.39, 0.29) is 22.9 Å². The molecule has 5 heteroatoms. The highest BCUT2D eigenvalue weighted by molar-refractivity contribution is 6.20. The highest BCUT2D eigenvalue weighted by atomic mass is 35.5. The molecule has 0 aliphatic carbocycles. The quantitative estimate of drug-likeness (QED) is 0.464. The first-order valence-corrected chi connectivity index (χ1v) is 5.86. The summed E-state index contributed by atoms with van der Waals surface area (Å²) in [7, 11) is 0. The van der Waals surface area contributed by atoms with Crippen LogP contribution in [0.15, 0.2) is 18.2 Å². The van der Waals surface area contributed by atoms with Crippen LogP contribution < -0.4 is 0 Å². The summed E-state index contributed by atoms with van der Waals surface area (Å²) in [5.41, 5.74) is 0.198. The van der Waals surface area contributed by atoms with Crippen LogP contribution in [0, 0.1) is 21.8 Å². The maximum absolute atomic E-state index is 13.8. The SMILES string of the molecule is CC(C)C(c1ccc([N+](=O)[O-])cc1F)C(C)Cl. The van der Waals surface area contributed by atoms with Crippen molar-refractivity contribution in [2.24, 2.45) is 5.92 Å². The summed E-state index contributed by atoms with van der Waals surface area (Å²) in [5.74, 6) is -0.554. The average molecular weight is 260 g/mol. The van der Waals surface area contributed by atoms with Crippen LogP contribution in [0.4, 0.5) is 10.1 Å². The summed E-state index contributed by atoms with van der Waals surface area (Å²) in [6, 6.07) is 3.72. The van der Waals surface area contributed by atoms with Crippen molar-refractivity contribution in [3.8, 4) is 0 Å². The van der Waals surface area contributed by atoms with Crippen molar-refractivity contribution in [2.75, 3.05) is 0 Å². The minimum absolute atomic E-state index is 0.155. The van der Waals surface area contributed by atoms with E-state index in [2.05, 4.69) is 0 Å². The van der Waals surface area contributed by atoms with Crippen LogP contribution in [0.5, 0.6) is 0 Å². The predicted octanol–water partition coefficient (Wildman–Crippen LogP) is 4.10. The van der Waals surface area contributed by atoms with E-state index in [0.717, 1.165) is 6.07 Å². The van der Waals surface area contributed by atoms with Crippen LogP contribution in [-0.2, 0) is 0 Å². The highest BCUT2D eigenvalue weighted by Crippen LogP contribution is 2.33. The second-order valence-electron chi connectivity index (χ2n) is 4.41. The minimum Gasteiger partial charge on any atom is -0.258 e. The van der Waals surface area contributed by atoms with Gasteiger partial charge in [-0.15, -0.1) is 11.6 Å². The van der Waals surface area contributed by atoms with E-state index in [1.165, 1.54) is 12.1 Å². The molecule has 0 aliphatic rings. The highest BCUT2D eigenvalue weighted by Gasteiger charge is 2.25.